The third kappa shape index (κ3) is 5.33. The van der Waals surface area contributed by atoms with Gasteiger partial charge in [-0.15, -0.1) is 0 Å². The van der Waals surface area contributed by atoms with Gasteiger partial charge in [0.2, 0.25) is 0 Å². The molecule has 1 saturated carbocycles. The zero-order chi connectivity index (χ0) is 15.9. The molecule has 1 fully saturated rings. The zero-order valence-corrected chi connectivity index (χ0v) is 13.6. The van der Waals surface area contributed by atoms with Crippen LogP contribution >= 0.6 is 0 Å². The molecule has 2 unspecified atom stereocenters. The predicted octanol–water partition coefficient (Wildman–Crippen LogP) is 1.74. The monoisotopic (exact) mass is 308 g/mol. The van der Waals surface area contributed by atoms with Gasteiger partial charge in [0.15, 0.2) is 0 Å². The number of aliphatic hydroxyl groups is 1. The number of aryl methyl sites for hydroxylation is 3. The van der Waals surface area contributed by atoms with E-state index in [2.05, 4.69) is 21.8 Å². The van der Waals surface area contributed by atoms with Gasteiger partial charge in [-0.1, -0.05) is 6.42 Å². The average Bonchev–Trinajstić information content (AvgIpc) is 2.79. The summed E-state index contributed by atoms with van der Waals surface area (Å²) in [6.07, 6.45) is 4.52. The highest BCUT2D eigenvalue weighted by atomic mass is 16.3. The highest BCUT2D eigenvalue weighted by Gasteiger charge is 2.20. The minimum Gasteiger partial charge on any atom is -0.393 e. The minimum atomic E-state index is -0.190. The molecule has 1 aliphatic carbocycles. The van der Waals surface area contributed by atoms with E-state index in [-0.39, 0.29) is 12.1 Å². The van der Waals surface area contributed by atoms with Crippen molar-refractivity contribution >= 4 is 6.03 Å². The van der Waals surface area contributed by atoms with Crippen LogP contribution in [0.5, 0.6) is 0 Å². The van der Waals surface area contributed by atoms with Crippen molar-refractivity contribution in [3.05, 3.63) is 17.5 Å². The molecule has 1 aromatic rings. The van der Waals surface area contributed by atoms with Gasteiger partial charge in [0.1, 0.15) is 0 Å². The number of carbonyl (C=O) groups excluding carboxylic acids is 1. The molecule has 124 valence electrons. The van der Waals surface area contributed by atoms with E-state index in [1.54, 1.807) is 0 Å². The lowest BCUT2D eigenvalue weighted by Crippen LogP contribution is -2.40. The van der Waals surface area contributed by atoms with Crippen molar-refractivity contribution in [3.8, 4) is 0 Å². The van der Waals surface area contributed by atoms with Crippen LogP contribution in [-0.4, -0.2) is 40.1 Å². The van der Waals surface area contributed by atoms with Gasteiger partial charge < -0.3 is 15.7 Å². The van der Waals surface area contributed by atoms with Crippen molar-refractivity contribution in [2.75, 3.05) is 13.1 Å². The summed E-state index contributed by atoms with van der Waals surface area (Å²) in [5, 5.41) is 19.8. The molecule has 1 aromatic heterocycles. The first-order valence-corrected chi connectivity index (χ1v) is 8.25. The molecule has 0 spiro atoms. The predicted molar refractivity (Wildman–Crippen MR) is 85.7 cm³/mol. The van der Waals surface area contributed by atoms with Gasteiger partial charge in [-0.3, -0.25) is 4.68 Å². The first-order chi connectivity index (χ1) is 10.5. The molecule has 6 nitrogen and oxygen atoms in total. The number of hydrogen-bond donors (Lipinski definition) is 3. The Labute approximate surface area is 132 Å². The molecule has 2 amide bonds. The molecule has 6 heteroatoms. The van der Waals surface area contributed by atoms with Gasteiger partial charge in [0.05, 0.1) is 11.8 Å². The molecule has 1 aliphatic rings. The first-order valence-electron chi connectivity index (χ1n) is 8.25. The fraction of sp³-hybridized carbons (Fsp3) is 0.750. The van der Waals surface area contributed by atoms with Gasteiger partial charge in [0.25, 0.3) is 0 Å². The Kier molecular flexibility index (Phi) is 6.24. The van der Waals surface area contributed by atoms with Gasteiger partial charge in [-0.2, -0.15) is 5.10 Å². The van der Waals surface area contributed by atoms with Crippen LogP contribution in [0, 0.1) is 19.8 Å². The van der Waals surface area contributed by atoms with Crippen LogP contribution in [0.4, 0.5) is 4.79 Å². The second kappa shape index (κ2) is 8.17. The summed E-state index contributed by atoms with van der Waals surface area (Å²) in [5.74, 6) is 0.407. The number of urea groups is 1. The number of aromatic nitrogens is 2. The lowest BCUT2D eigenvalue weighted by Gasteiger charge is -2.25. The van der Waals surface area contributed by atoms with Crippen molar-refractivity contribution in [1.82, 2.24) is 20.4 Å². The molecule has 0 aliphatic heterocycles. The van der Waals surface area contributed by atoms with E-state index in [4.69, 9.17) is 0 Å². The largest absolute Gasteiger partial charge is 0.393 e. The van der Waals surface area contributed by atoms with E-state index in [0.717, 1.165) is 50.0 Å². The maximum atomic E-state index is 11.7. The Hall–Kier alpha value is -1.56. The average molecular weight is 308 g/mol. The molecule has 2 rings (SSSR count). The van der Waals surface area contributed by atoms with Crippen molar-refractivity contribution in [3.63, 3.8) is 0 Å². The SMILES string of the molecule is Cc1cc(C)n(CCCNC(=O)NCC2CCCC(O)C2)n1. The topological polar surface area (TPSA) is 79.2 Å². The normalized spacial score (nSPS) is 21.6. The van der Waals surface area contributed by atoms with Crippen LogP contribution in [-0.2, 0) is 6.54 Å². The number of carbonyl (C=O) groups is 1. The molecular weight excluding hydrogens is 280 g/mol. The van der Waals surface area contributed by atoms with Gasteiger partial charge >= 0.3 is 6.03 Å². The molecule has 0 aromatic carbocycles. The van der Waals surface area contributed by atoms with Crippen molar-refractivity contribution in [1.29, 1.82) is 0 Å². The number of aliphatic hydroxyl groups excluding tert-OH is 1. The maximum Gasteiger partial charge on any atom is 0.314 e. The van der Waals surface area contributed by atoms with E-state index in [9.17, 15) is 9.90 Å². The molecule has 22 heavy (non-hydrogen) atoms. The molecule has 3 N–H and O–H groups in total. The smallest absolute Gasteiger partial charge is 0.314 e. The molecule has 0 bridgehead atoms. The zero-order valence-electron chi connectivity index (χ0n) is 13.6. The van der Waals surface area contributed by atoms with Crippen LogP contribution in [0.15, 0.2) is 6.07 Å². The number of hydrogen-bond acceptors (Lipinski definition) is 3. The van der Waals surface area contributed by atoms with Crippen LogP contribution in [0.1, 0.15) is 43.5 Å². The quantitative estimate of drug-likeness (QED) is 0.700. The Morgan fingerprint density at radius 3 is 2.91 bits per heavy atom. The standard InChI is InChI=1S/C16H28N4O2/c1-12-9-13(2)20(19-12)8-4-7-17-16(22)18-11-14-5-3-6-15(21)10-14/h9,14-15,21H,3-8,10-11H2,1-2H3,(H2,17,18,22). The Bertz CT molecular complexity index is 486. The number of nitrogens with zero attached hydrogens (tertiary/aromatic N) is 2. The summed E-state index contributed by atoms with van der Waals surface area (Å²) in [6.45, 7) is 6.13. The van der Waals surface area contributed by atoms with E-state index >= 15 is 0 Å². The second-order valence-corrected chi connectivity index (χ2v) is 6.33. The summed E-state index contributed by atoms with van der Waals surface area (Å²) in [7, 11) is 0. The maximum absolute atomic E-state index is 11.7. The Balaban J connectivity index is 1.57. The highest BCUT2D eigenvalue weighted by molar-refractivity contribution is 5.73. The minimum absolute atomic E-state index is 0.117. The van der Waals surface area contributed by atoms with E-state index in [1.165, 1.54) is 0 Å². The second-order valence-electron chi connectivity index (χ2n) is 6.33. The third-order valence-corrected chi connectivity index (χ3v) is 4.24. The molecule has 0 radical (unpaired) electrons. The van der Waals surface area contributed by atoms with Crippen molar-refractivity contribution in [2.45, 2.75) is 58.6 Å². The Morgan fingerprint density at radius 1 is 1.41 bits per heavy atom. The molecule has 2 atom stereocenters. The van der Waals surface area contributed by atoms with Gasteiger partial charge in [0, 0.05) is 25.3 Å². The van der Waals surface area contributed by atoms with Crippen LogP contribution in [0.3, 0.4) is 0 Å². The lowest BCUT2D eigenvalue weighted by molar-refractivity contribution is 0.101. The number of amides is 2. The van der Waals surface area contributed by atoms with E-state index in [0.29, 0.717) is 19.0 Å². The highest BCUT2D eigenvalue weighted by Crippen LogP contribution is 2.23. The summed E-state index contributed by atoms with van der Waals surface area (Å²) in [5.41, 5.74) is 2.18. The molecule has 1 heterocycles. The third-order valence-electron chi connectivity index (χ3n) is 4.24. The van der Waals surface area contributed by atoms with Crippen LogP contribution in [0.2, 0.25) is 0 Å². The summed E-state index contributed by atoms with van der Waals surface area (Å²) in [6, 6.07) is 1.94. The summed E-state index contributed by atoms with van der Waals surface area (Å²) >= 11 is 0. The summed E-state index contributed by atoms with van der Waals surface area (Å²) in [4.78, 5) is 11.7. The van der Waals surface area contributed by atoms with Crippen LogP contribution < -0.4 is 10.6 Å². The summed E-state index contributed by atoms with van der Waals surface area (Å²) < 4.78 is 1.97. The molecule has 0 saturated heterocycles. The van der Waals surface area contributed by atoms with Gasteiger partial charge in [-0.05, 0) is 51.5 Å². The fourth-order valence-corrected chi connectivity index (χ4v) is 3.08. The number of nitrogens with one attached hydrogen (secondary N) is 2. The van der Waals surface area contributed by atoms with Crippen molar-refractivity contribution < 1.29 is 9.90 Å². The van der Waals surface area contributed by atoms with Crippen molar-refractivity contribution in [2.24, 2.45) is 5.92 Å². The van der Waals surface area contributed by atoms with E-state index in [1.807, 2.05) is 18.5 Å². The van der Waals surface area contributed by atoms with E-state index < -0.39 is 0 Å². The molecular formula is C16H28N4O2. The fourth-order valence-electron chi connectivity index (χ4n) is 3.08. The first kappa shape index (κ1) is 16.8. The number of rotatable bonds is 6. The van der Waals surface area contributed by atoms with Crippen LogP contribution in [0.25, 0.3) is 0 Å². The Morgan fingerprint density at radius 2 is 2.23 bits per heavy atom. The van der Waals surface area contributed by atoms with Gasteiger partial charge in [-0.25, -0.2) is 4.79 Å². The lowest BCUT2D eigenvalue weighted by atomic mass is 9.87.